The summed E-state index contributed by atoms with van der Waals surface area (Å²) in [5, 5.41) is 9.40. The average Bonchev–Trinajstić information content (AvgIpc) is 2.75. The quantitative estimate of drug-likeness (QED) is 0.576. The lowest BCUT2D eigenvalue weighted by atomic mass is 10.0. The van der Waals surface area contributed by atoms with Crippen molar-refractivity contribution in [1.29, 1.82) is 5.26 Å². The summed E-state index contributed by atoms with van der Waals surface area (Å²) in [5.74, 6) is -0.366. The van der Waals surface area contributed by atoms with Crippen molar-refractivity contribution in [2.24, 2.45) is 5.92 Å². The lowest BCUT2D eigenvalue weighted by Gasteiger charge is -2.22. The lowest BCUT2D eigenvalue weighted by molar-refractivity contribution is 0.0766. The van der Waals surface area contributed by atoms with E-state index in [9.17, 15) is 19.6 Å². The summed E-state index contributed by atoms with van der Waals surface area (Å²) >= 11 is 0. The molecule has 0 aliphatic heterocycles. The van der Waals surface area contributed by atoms with Crippen LogP contribution in [0.2, 0.25) is 0 Å². The number of rotatable bonds is 7. The first-order valence-corrected chi connectivity index (χ1v) is 10.6. The van der Waals surface area contributed by atoms with Crippen LogP contribution >= 0.6 is 0 Å². The summed E-state index contributed by atoms with van der Waals surface area (Å²) in [6, 6.07) is 13.0. The van der Waals surface area contributed by atoms with Gasteiger partial charge in [0.05, 0.1) is 17.0 Å². The highest BCUT2D eigenvalue weighted by Crippen LogP contribution is 2.22. The molecule has 0 bridgehead atoms. The molecule has 0 radical (unpaired) electrons. The molecule has 166 valence electrons. The van der Waals surface area contributed by atoms with Gasteiger partial charge in [0, 0.05) is 18.8 Å². The van der Waals surface area contributed by atoms with E-state index in [2.05, 4.69) is 9.97 Å². The minimum atomic E-state index is -0.659. The zero-order chi connectivity index (χ0) is 23.4. The Hall–Kier alpha value is -3.73. The van der Waals surface area contributed by atoms with Gasteiger partial charge in [0.2, 0.25) is 0 Å². The second-order valence-electron chi connectivity index (χ2n) is 8.52. The maximum absolute atomic E-state index is 13.6. The maximum atomic E-state index is 13.6. The van der Waals surface area contributed by atoms with Gasteiger partial charge >= 0.3 is 5.69 Å². The number of pyridine rings is 1. The molecule has 0 spiro atoms. The molecule has 3 aromatic rings. The van der Waals surface area contributed by atoms with Crippen molar-refractivity contribution in [3.63, 3.8) is 0 Å². The fraction of sp³-hybridized carbons (Fsp3) is 0.375. The molecule has 0 saturated heterocycles. The number of nitrogens with one attached hydrogen (secondary N) is 1. The monoisotopic (exact) mass is 433 g/mol. The highest BCUT2D eigenvalue weighted by atomic mass is 16.2. The maximum Gasteiger partial charge on any atom is 0.330 e. The van der Waals surface area contributed by atoms with E-state index >= 15 is 0 Å². The molecule has 8 nitrogen and oxygen atoms in total. The third-order valence-electron chi connectivity index (χ3n) is 5.10. The van der Waals surface area contributed by atoms with Gasteiger partial charge in [-0.2, -0.15) is 5.26 Å². The number of amides is 1. The molecule has 0 aliphatic rings. The standard InChI is InChI=1S/C24H27N5O3/c1-15(2)13-29-21-20(22(30)27-24(29)32)18(12-19(26-21)16(3)4)23(31)28(11-10-25)14-17-8-6-5-7-9-17/h5-9,12,15-16H,11,13-14H2,1-4H3,(H,27,30,32). The summed E-state index contributed by atoms with van der Waals surface area (Å²) in [7, 11) is 0. The zero-order valence-electron chi connectivity index (χ0n) is 18.8. The van der Waals surface area contributed by atoms with E-state index < -0.39 is 17.2 Å². The number of aromatic nitrogens is 3. The topological polar surface area (TPSA) is 112 Å². The van der Waals surface area contributed by atoms with Crippen molar-refractivity contribution in [2.75, 3.05) is 6.54 Å². The summed E-state index contributed by atoms with van der Waals surface area (Å²) < 4.78 is 1.41. The SMILES string of the molecule is CC(C)Cn1c(=O)[nH]c(=O)c2c(C(=O)N(CC#N)Cc3ccccc3)cc(C(C)C)nc21. The van der Waals surface area contributed by atoms with Crippen molar-refractivity contribution >= 4 is 16.9 Å². The number of carbonyl (C=O) groups is 1. The van der Waals surface area contributed by atoms with Gasteiger partial charge in [-0.1, -0.05) is 58.0 Å². The molecule has 0 unspecified atom stereocenters. The van der Waals surface area contributed by atoms with Crippen LogP contribution in [-0.2, 0) is 13.1 Å². The van der Waals surface area contributed by atoms with Gasteiger partial charge in [0.15, 0.2) is 5.65 Å². The Balaban J connectivity index is 2.25. The minimum absolute atomic E-state index is 0.0358. The molecule has 32 heavy (non-hydrogen) atoms. The van der Waals surface area contributed by atoms with Crippen molar-refractivity contribution in [2.45, 2.75) is 46.7 Å². The van der Waals surface area contributed by atoms with Crippen LogP contribution in [0, 0.1) is 17.2 Å². The second-order valence-corrected chi connectivity index (χ2v) is 8.52. The van der Waals surface area contributed by atoms with E-state index in [0.717, 1.165) is 5.56 Å². The van der Waals surface area contributed by atoms with Gasteiger partial charge in [0.1, 0.15) is 6.54 Å². The van der Waals surface area contributed by atoms with Gasteiger partial charge in [0.25, 0.3) is 11.5 Å². The molecule has 1 aromatic carbocycles. The third kappa shape index (κ3) is 4.78. The Kier molecular flexibility index (Phi) is 6.89. The van der Waals surface area contributed by atoms with Crippen LogP contribution < -0.4 is 11.2 Å². The molecule has 3 rings (SSSR count). The number of carbonyl (C=O) groups excluding carboxylic acids is 1. The van der Waals surface area contributed by atoms with E-state index in [1.807, 2.05) is 64.1 Å². The average molecular weight is 434 g/mol. The van der Waals surface area contributed by atoms with Crippen LogP contribution in [0.15, 0.2) is 46.0 Å². The number of hydrogen-bond donors (Lipinski definition) is 1. The number of aromatic amines is 1. The number of nitriles is 1. The highest BCUT2D eigenvalue weighted by Gasteiger charge is 2.24. The van der Waals surface area contributed by atoms with Crippen molar-refractivity contribution in [3.8, 4) is 6.07 Å². The lowest BCUT2D eigenvalue weighted by Crippen LogP contribution is -2.36. The number of benzene rings is 1. The number of hydrogen-bond acceptors (Lipinski definition) is 5. The fourth-order valence-corrected chi connectivity index (χ4v) is 3.55. The Morgan fingerprint density at radius 1 is 1.19 bits per heavy atom. The Labute approximate surface area is 186 Å². The van der Waals surface area contributed by atoms with Gasteiger partial charge in [-0.05, 0) is 23.5 Å². The van der Waals surface area contributed by atoms with Crippen molar-refractivity contribution in [1.82, 2.24) is 19.4 Å². The normalized spacial score (nSPS) is 11.2. The first-order valence-electron chi connectivity index (χ1n) is 10.6. The smallest absolute Gasteiger partial charge is 0.321 e. The molecular formula is C24H27N5O3. The molecule has 0 aliphatic carbocycles. The summed E-state index contributed by atoms with van der Waals surface area (Å²) in [6.07, 6.45) is 0. The molecule has 1 amide bonds. The van der Waals surface area contributed by atoms with Gasteiger partial charge in [-0.15, -0.1) is 0 Å². The van der Waals surface area contributed by atoms with E-state index in [0.29, 0.717) is 12.2 Å². The van der Waals surface area contributed by atoms with Crippen LogP contribution in [0.25, 0.3) is 11.0 Å². The molecule has 0 atom stereocenters. The van der Waals surface area contributed by atoms with Crippen LogP contribution in [0.4, 0.5) is 0 Å². The van der Waals surface area contributed by atoms with Crippen LogP contribution in [0.5, 0.6) is 0 Å². The molecule has 0 saturated carbocycles. The first kappa shape index (κ1) is 22.9. The van der Waals surface area contributed by atoms with Crippen LogP contribution in [0.1, 0.15) is 55.2 Å². The minimum Gasteiger partial charge on any atom is -0.321 e. The highest BCUT2D eigenvalue weighted by molar-refractivity contribution is 6.05. The first-order chi connectivity index (χ1) is 15.2. The summed E-state index contributed by atoms with van der Waals surface area (Å²) in [6.45, 7) is 8.19. The zero-order valence-corrected chi connectivity index (χ0v) is 18.8. The predicted molar refractivity (Wildman–Crippen MR) is 122 cm³/mol. The number of nitrogens with zero attached hydrogens (tertiary/aromatic N) is 4. The van der Waals surface area contributed by atoms with Crippen molar-refractivity contribution in [3.05, 3.63) is 74.1 Å². The number of fused-ring (bicyclic) bond motifs is 1. The summed E-state index contributed by atoms with van der Waals surface area (Å²) in [4.78, 5) is 47.3. The molecule has 2 aromatic heterocycles. The van der Waals surface area contributed by atoms with Gasteiger partial charge in [-0.3, -0.25) is 19.1 Å². The molecular weight excluding hydrogens is 406 g/mol. The summed E-state index contributed by atoms with van der Waals surface area (Å²) in [5.41, 5.74) is 0.584. The largest absolute Gasteiger partial charge is 0.330 e. The second kappa shape index (κ2) is 9.60. The number of H-pyrrole nitrogens is 1. The van der Waals surface area contributed by atoms with E-state index in [4.69, 9.17) is 0 Å². The van der Waals surface area contributed by atoms with Crippen LogP contribution in [-0.4, -0.2) is 31.9 Å². The van der Waals surface area contributed by atoms with Crippen LogP contribution in [0.3, 0.4) is 0 Å². The van der Waals surface area contributed by atoms with E-state index in [1.165, 1.54) is 9.47 Å². The molecule has 0 fully saturated rings. The van der Waals surface area contributed by atoms with Gasteiger partial charge in [-0.25, -0.2) is 9.78 Å². The van der Waals surface area contributed by atoms with Gasteiger partial charge < -0.3 is 4.90 Å². The van der Waals surface area contributed by atoms with Crippen molar-refractivity contribution < 1.29 is 4.79 Å². The fourth-order valence-electron chi connectivity index (χ4n) is 3.55. The Morgan fingerprint density at radius 2 is 1.88 bits per heavy atom. The molecule has 2 heterocycles. The van der Waals surface area contributed by atoms with E-state index in [1.54, 1.807) is 6.07 Å². The molecule has 1 N–H and O–H groups in total. The predicted octanol–water partition coefficient (Wildman–Crippen LogP) is 3.03. The Bertz CT molecular complexity index is 1280. The third-order valence-corrected chi connectivity index (χ3v) is 5.10. The van der Waals surface area contributed by atoms with E-state index in [-0.39, 0.29) is 41.5 Å². The Morgan fingerprint density at radius 3 is 2.47 bits per heavy atom. The molecule has 8 heteroatoms.